The minimum atomic E-state index is 0.0144. The van der Waals surface area contributed by atoms with Crippen LogP contribution in [0.5, 0.6) is 0 Å². The second kappa shape index (κ2) is 7.03. The van der Waals surface area contributed by atoms with Crippen LogP contribution in [0, 0.1) is 0 Å². The Hall–Kier alpha value is -0.910. The Morgan fingerprint density at radius 2 is 2.11 bits per heavy atom. The largest absolute Gasteiger partial charge is 0.279 e. The molecule has 19 heavy (non-hydrogen) atoms. The summed E-state index contributed by atoms with van der Waals surface area (Å²) in [6, 6.07) is 8.09. The van der Waals surface area contributed by atoms with Crippen LogP contribution in [-0.4, -0.2) is 21.5 Å². The second-order valence-corrected chi connectivity index (χ2v) is 6.78. The quantitative estimate of drug-likeness (QED) is 0.471. The van der Waals surface area contributed by atoms with Crippen LogP contribution >= 0.6 is 35.3 Å². The lowest BCUT2D eigenvalue weighted by Gasteiger charge is -1.97. The molecular weight excluding hydrogens is 294 g/mol. The molecule has 1 aliphatic heterocycles. The molecule has 0 fully saturated rings. The van der Waals surface area contributed by atoms with E-state index in [0.29, 0.717) is 5.70 Å². The highest BCUT2D eigenvalue weighted by atomic mass is 32.2. The fraction of sp³-hybridized carbons (Fsp3) is 0.143. The number of thioether (sulfide) groups is 3. The van der Waals surface area contributed by atoms with Crippen molar-refractivity contribution in [2.75, 3.05) is 12.0 Å². The van der Waals surface area contributed by atoms with E-state index in [9.17, 15) is 4.79 Å². The molecule has 0 saturated heterocycles. The van der Waals surface area contributed by atoms with E-state index in [1.807, 2.05) is 36.6 Å². The summed E-state index contributed by atoms with van der Waals surface area (Å²) in [7, 11) is 0. The summed E-state index contributed by atoms with van der Waals surface area (Å²) in [5.41, 5.74) is 1.52. The van der Waals surface area contributed by atoms with Crippen LogP contribution in [0.25, 0.3) is 6.08 Å². The lowest BCUT2D eigenvalue weighted by atomic mass is 10.2. The van der Waals surface area contributed by atoms with Gasteiger partial charge in [0, 0.05) is 10.6 Å². The van der Waals surface area contributed by atoms with Crippen molar-refractivity contribution in [3.05, 3.63) is 48.2 Å². The van der Waals surface area contributed by atoms with Gasteiger partial charge in [0.2, 0.25) is 5.12 Å². The molecule has 5 heteroatoms. The minimum absolute atomic E-state index is 0.0144. The number of carbonyl (C=O) groups excluding carboxylic acids is 1. The molecule has 0 bridgehead atoms. The van der Waals surface area contributed by atoms with Crippen LogP contribution in [0.2, 0.25) is 0 Å². The maximum atomic E-state index is 11.8. The Bertz CT molecular complexity index is 546. The van der Waals surface area contributed by atoms with E-state index < -0.39 is 0 Å². The van der Waals surface area contributed by atoms with Crippen LogP contribution < -0.4 is 0 Å². The Kier molecular flexibility index (Phi) is 5.36. The van der Waals surface area contributed by atoms with Gasteiger partial charge in [-0.15, -0.1) is 18.3 Å². The highest BCUT2D eigenvalue weighted by Crippen LogP contribution is 2.31. The lowest BCUT2D eigenvalue weighted by molar-refractivity contribution is -0.107. The average molecular weight is 307 g/mol. The summed E-state index contributed by atoms with van der Waals surface area (Å²) in [6.45, 7) is 3.66. The van der Waals surface area contributed by atoms with Crippen molar-refractivity contribution in [2.24, 2.45) is 4.99 Å². The highest BCUT2D eigenvalue weighted by Gasteiger charge is 2.21. The first-order valence-electron chi connectivity index (χ1n) is 5.63. The van der Waals surface area contributed by atoms with Gasteiger partial charge in [0.05, 0.1) is 0 Å². The van der Waals surface area contributed by atoms with Crippen molar-refractivity contribution >= 4 is 50.9 Å². The number of nitrogens with zero attached hydrogens (tertiary/aromatic N) is 1. The van der Waals surface area contributed by atoms with Gasteiger partial charge in [-0.1, -0.05) is 30.0 Å². The number of benzene rings is 1. The van der Waals surface area contributed by atoms with Gasteiger partial charge in [0.25, 0.3) is 0 Å². The molecule has 0 aliphatic carbocycles. The first-order valence-corrected chi connectivity index (χ1v) is 8.66. The Morgan fingerprint density at radius 3 is 2.74 bits per heavy atom. The topological polar surface area (TPSA) is 29.4 Å². The number of hydrogen-bond acceptors (Lipinski definition) is 5. The van der Waals surface area contributed by atoms with Crippen LogP contribution in [0.3, 0.4) is 0 Å². The maximum absolute atomic E-state index is 11.8. The van der Waals surface area contributed by atoms with Gasteiger partial charge >= 0.3 is 0 Å². The number of rotatable bonds is 4. The molecule has 1 aliphatic rings. The normalized spacial score (nSPS) is 16.8. The van der Waals surface area contributed by atoms with E-state index in [2.05, 4.69) is 11.6 Å². The van der Waals surface area contributed by atoms with Crippen LogP contribution in [0.15, 0.2) is 52.5 Å². The summed E-state index contributed by atoms with van der Waals surface area (Å²) in [6.07, 6.45) is 5.68. The predicted molar refractivity (Wildman–Crippen MR) is 88.9 cm³/mol. The summed E-state index contributed by atoms with van der Waals surface area (Å²) in [5, 5.41) is 0.0144. The molecule has 98 valence electrons. The van der Waals surface area contributed by atoms with Gasteiger partial charge in [0.15, 0.2) is 0 Å². The van der Waals surface area contributed by atoms with Gasteiger partial charge in [-0.2, -0.15) is 0 Å². The fourth-order valence-electron chi connectivity index (χ4n) is 1.44. The van der Waals surface area contributed by atoms with Crippen molar-refractivity contribution < 1.29 is 4.79 Å². The van der Waals surface area contributed by atoms with Crippen LogP contribution in [0.4, 0.5) is 0 Å². The molecule has 1 heterocycles. The summed E-state index contributed by atoms with van der Waals surface area (Å²) in [5.74, 6) is 0.773. The van der Waals surface area contributed by atoms with Gasteiger partial charge in [-0.3, -0.25) is 4.79 Å². The molecule has 0 aromatic heterocycles. The van der Waals surface area contributed by atoms with Crippen molar-refractivity contribution in [3.8, 4) is 0 Å². The monoisotopic (exact) mass is 307 g/mol. The van der Waals surface area contributed by atoms with Crippen LogP contribution in [0.1, 0.15) is 5.56 Å². The predicted octanol–water partition coefficient (Wildman–Crippen LogP) is 4.30. The molecule has 0 atom stereocenters. The zero-order valence-corrected chi connectivity index (χ0v) is 12.9. The van der Waals surface area contributed by atoms with E-state index in [4.69, 9.17) is 0 Å². The van der Waals surface area contributed by atoms with Gasteiger partial charge < -0.3 is 0 Å². The molecule has 0 spiro atoms. The van der Waals surface area contributed by atoms with E-state index in [0.717, 1.165) is 15.7 Å². The third kappa shape index (κ3) is 4.03. The molecular formula is C14H13NOS3. The Labute approximate surface area is 125 Å². The fourth-order valence-corrected chi connectivity index (χ4v) is 3.45. The standard InChI is InChI=1S/C14H13NOS3/c1-3-8-18-14-15-12(13(16)19-14)9-10-4-6-11(17-2)7-5-10/h3-7,9H,1,8H2,2H3/b12-9-. The maximum Gasteiger partial charge on any atom is 0.244 e. The summed E-state index contributed by atoms with van der Waals surface area (Å²) >= 11 is 4.43. The van der Waals surface area contributed by atoms with Crippen molar-refractivity contribution in [1.82, 2.24) is 0 Å². The number of carbonyl (C=O) groups is 1. The Balaban J connectivity index is 2.15. The molecule has 0 radical (unpaired) electrons. The van der Waals surface area contributed by atoms with Crippen molar-refractivity contribution in [2.45, 2.75) is 4.90 Å². The highest BCUT2D eigenvalue weighted by molar-refractivity contribution is 8.45. The zero-order valence-electron chi connectivity index (χ0n) is 10.5. The molecule has 0 N–H and O–H groups in total. The van der Waals surface area contributed by atoms with E-state index in [-0.39, 0.29) is 5.12 Å². The first-order chi connectivity index (χ1) is 9.22. The van der Waals surface area contributed by atoms with E-state index >= 15 is 0 Å². The minimum Gasteiger partial charge on any atom is -0.279 e. The Morgan fingerprint density at radius 1 is 1.37 bits per heavy atom. The molecule has 1 aromatic carbocycles. The second-order valence-electron chi connectivity index (χ2n) is 3.67. The third-order valence-electron chi connectivity index (χ3n) is 2.34. The molecule has 0 unspecified atom stereocenters. The third-order valence-corrected chi connectivity index (χ3v) is 5.09. The first kappa shape index (κ1) is 14.5. The smallest absolute Gasteiger partial charge is 0.244 e. The molecule has 0 saturated carbocycles. The molecule has 0 amide bonds. The average Bonchev–Trinajstić information content (AvgIpc) is 2.78. The zero-order chi connectivity index (χ0) is 13.7. The molecule has 2 nitrogen and oxygen atoms in total. The van der Waals surface area contributed by atoms with E-state index in [1.165, 1.54) is 28.4 Å². The van der Waals surface area contributed by atoms with Crippen LogP contribution in [-0.2, 0) is 4.79 Å². The summed E-state index contributed by atoms with van der Waals surface area (Å²) in [4.78, 5) is 17.4. The van der Waals surface area contributed by atoms with Gasteiger partial charge in [0.1, 0.15) is 10.1 Å². The SMILES string of the molecule is C=CCSC1=N/C(=C\c2ccc(SC)cc2)C(=O)S1. The summed E-state index contributed by atoms with van der Waals surface area (Å²) < 4.78 is 0.803. The van der Waals surface area contributed by atoms with Crippen molar-refractivity contribution in [3.63, 3.8) is 0 Å². The number of hydrogen-bond donors (Lipinski definition) is 0. The lowest BCUT2D eigenvalue weighted by Crippen LogP contribution is -1.88. The molecule has 2 rings (SSSR count). The van der Waals surface area contributed by atoms with Crippen molar-refractivity contribution in [1.29, 1.82) is 0 Å². The van der Waals surface area contributed by atoms with E-state index in [1.54, 1.807) is 17.8 Å². The molecule has 1 aromatic rings. The number of aliphatic imine (C=N–C) groups is 1. The van der Waals surface area contributed by atoms with Gasteiger partial charge in [-0.05, 0) is 41.8 Å². The van der Waals surface area contributed by atoms with Gasteiger partial charge in [-0.25, -0.2) is 4.99 Å².